The second-order valence-corrected chi connectivity index (χ2v) is 10.5. The van der Waals surface area contributed by atoms with Gasteiger partial charge in [0.05, 0.1) is 12.0 Å². The largest absolute Gasteiger partial charge is 0.351 e. The number of nitrogens with zero attached hydrogens (tertiary/aromatic N) is 4. The summed E-state index contributed by atoms with van der Waals surface area (Å²) in [5.41, 5.74) is 12.3. The molecule has 3 heterocycles. The maximum atomic E-state index is 11.4. The van der Waals surface area contributed by atoms with Crippen LogP contribution in [-0.2, 0) is 32.6 Å². The van der Waals surface area contributed by atoms with E-state index < -0.39 is 0 Å². The molecular weight excluding hydrogens is 448 g/mol. The lowest BCUT2D eigenvalue weighted by molar-refractivity contribution is 0.173. The molecule has 5 rings (SSSR count). The molecule has 0 radical (unpaired) electrons. The molecule has 190 valence electrons. The van der Waals surface area contributed by atoms with E-state index in [-0.39, 0.29) is 6.03 Å². The third-order valence-electron chi connectivity index (χ3n) is 7.86. The van der Waals surface area contributed by atoms with Crippen molar-refractivity contribution in [1.82, 2.24) is 24.7 Å². The molecule has 1 aromatic heterocycles. The van der Waals surface area contributed by atoms with Crippen molar-refractivity contribution in [3.05, 3.63) is 89.0 Å². The summed E-state index contributed by atoms with van der Waals surface area (Å²) >= 11 is 0. The number of rotatable bonds is 7. The van der Waals surface area contributed by atoms with E-state index >= 15 is 0 Å². The van der Waals surface area contributed by atoms with Gasteiger partial charge < -0.3 is 20.5 Å². The highest BCUT2D eigenvalue weighted by Gasteiger charge is 2.24. The van der Waals surface area contributed by atoms with Gasteiger partial charge in [-0.3, -0.25) is 4.90 Å². The third kappa shape index (κ3) is 5.97. The molecule has 1 saturated heterocycles. The zero-order chi connectivity index (χ0) is 24.9. The average Bonchev–Trinajstić information content (AvgIpc) is 3.23. The van der Waals surface area contributed by atoms with Crippen LogP contribution in [0.1, 0.15) is 40.8 Å². The molecule has 3 aromatic rings. The van der Waals surface area contributed by atoms with Gasteiger partial charge in [0.25, 0.3) is 0 Å². The van der Waals surface area contributed by atoms with Crippen LogP contribution < -0.4 is 11.1 Å². The number of likely N-dealkylation sites (tertiary alicyclic amines) is 1. The lowest BCUT2D eigenvalue weighted by Gasteiger charge is -2.31. The highest BCUT2D eigenvalue weighted by atomic mass is 16.2. The molecule has 36 heavy (non-hydrogen) atoms. The number of primary amides is 1. The molecule has 0 aliphatic carbocycles. The van der Waals surface area contributed by atoms with E-state index in [0.717, 1.165) is 65.1 Å². The maximum absolute atomic E-state index is 11.4. The number of amides is 2. The number of hydrogen-bond acceptors (Lipinski definition) is 4. The van der Waals surface area contributed by atoms with Crippen LogP contribution in [0.3, 0.4) is 0 Å². The molecule has 3 N–H and O–H groups in total. The fourth-order valence-electron chi connectivity index (χ4n) is 5.67. The quantitative estimate of drug-likeness (QED) is 0.534. The Morgan fingerprint density at radius 3 is 2.61 bits per heavy atom. The van der Waals surface area contributed by atoms with Gasteiger partial charge in [0.15, 0.2) is 0 Å². The van der Waals surface area contributed by atoms with Gasteiger partial charge in [0.2, 0.25) is 0 Å². The topological polar surface area (TPSA) is 79.4 Å². The Morgan fingerprint density at radius 2 is 1.83 bits per heavy atom. The second kappa shape index (κ2) is 11.3. The minimum atomic E-state index is -0.303. The van der Waals surface area contributed by atoms with Gasteiger partial charge >= 0.3 is 6.03 Å². The van der Waals surface area contributed by atoms with Gasteiger partial charge in [-0.25, -0.2) is 9.78 Å². The maximum Gasteiger partial charge on any atom is 0.314 e. The number of aromatic nitrogens is 2. The van der Waals surface area contributed by atoms with Crippen LogP contribution in [0.2, 0.25) is 0 Å². The molecule has 1 atom stereocenters. The van der Waals surface area contributed by atoms with Gasteiger partial charge in [-0.15, -0.1) is 0 Å². The van der Waals surface area contributed by atoms with E-state index in [1.165, 1.54) is 27.9 Å². The Bertz CT molecular complexity index is 1170. The molecule has 7 heteroatoms. The van der Waals surface area contributed by atoms with Crippen molar-refractivity contribution >= 4 is 6.03 Å². The summed E-state index contributed by atoms with van der Waals surface area (Å²) < 4.78 is 2.29. The van der Waals surface area contributed by atoms with E-state index in [0.29, 0.717) is 12.0 Å². The van der Waals surface area contributed by atoms with E-state index in [2.05, 4.69) is 75.2 Å². The smallest absolute Gasteiger partial charge is 0.314 e. The Labute approximate surface area is 214 Å². The van der Waals surface area contributed by atoms with Crippen molar-refractivity contribution in [3.8, 4) is 0 Å². The zero-order valence-electron chi connectivity index (χ0n) is 21.3. The molecule has 0 bridgehead atoms. The van der Waals surface area contributed by atoms with Crippen LogP contribution in [0.5, 0.6) is 0 Å². The number of benzene rings is 2. The van der Waals surface area contributed by atoms with Gasteiger partial charge in [-0.1, -0.05) is 48.5 Å². The summed E-state index contributed by atoms with van der Waals surface area (Å²) in [4.78, 5) is 20.2. The standard InChI is InChI=1S/C29H38N6O/c1-22-6-2-3-8-25(22)18-33-19-26-9-5-4-7-24(26)14-27(20-33)32-16-28-15-31-21-35(28)17-23-10-12-34(13-11-23)29(30)36/h2-9,15,21,23,27,32H,10-14,16-20H2,1H3,(H2,30,36)/t27-/m0/s1. The lowest BCUT2D eigenvalue weighted by Crippen LogP contribution is -2.42. The van der Waals surface area contributed by atoms with Gasteiger partial charge in [0.1, 0.15) is 0 Å². The van der Waals surface area contributed by atoms with Gasteiger partial charge in [0, 0.05) is 58.1 Å². The van der Waals surface area contributed by atoms with E-state index in [1.807, 2.05) is 12.5 Å². The summed E-state index contributed by atoms with van der Waals surface area (Å²) in [6.45, 7) is 8.38. The van der Waals surface area contributed by atoms with Crippen LogP contribution in [0, 0.1) is 12.8 Å². The number of carbonyl (C=O) groups is 1. The van der Waals surface area contributed by atoms with Crippen molar-refractivity contribution in [2.24, 2.45) is 11.7 Å². The van der Waals surface area contributed by atoms with Crippen molar-refractivity contribution in [2.45, 2.75) is 58.4 Å². The number of carbonyl (C=O) groups excluding carboxylic acids is 1. The first-order valence-electron chi connectivity index (χ1n) is 13.2. The Hall–Kier alpha value is -3.16. The van der Waals surface area contributed by atoms with Crippen LogP contribution in [0.15, 0.2) is 61.1 Å². The molecule has 0 spiro atoms. The first-order valence-corrected chi connectivity index (χ1v) is 13.2. The lowest BCUT2D eigenvalue weighted by atomic mass is 9.97. The SMILES string of the molecule is Cc1ccccc1CN1Cc2ccccc2C[C@H](NCc2cncn2CC2CCN(C(N)=O)CC2)C1. The zero-order valence-corrected chi connectivity index (χ0v) is 21.3. The first-order chi connectivity index (χ1) is 17.5. The van der Waals surface area contributed by atoms with Crippen molar-refractivity contribution in [3.63, 3.8) is 0 Å². The van der Waals surface area contributed by atoms with Crippen LogP contribution in [0.25, 0.3) is 0 Å². The molecule has 7 nitrogen and oxygen atoms in total. The van der Waals surface area contributed by atoms with Crippen molar-refractivity contribution in [2.75, 3.05) is 19.6 Å². The number of hydrogen-bond donors (Lipinski definition) is 2. The minimum absolute atomic E-state index is 0.303. The number of nitrogens with two attached hydrogens (primary N) is 1. The highest BCUT2D eigenvalue weighted by Crippen LogP contribution is 2.23. The summed E-state index contributed by atoms with van der Waals surface area (Å²) in [6.07, 6.45) is 6.94. The molecular formula is C29H38N6O. The third-order valence-corrected chi connectivity index (χ3v) is 7.86. The number of fused-ring (bicyclic) bond motifs is 1. The molecule has 2 amide bonds. The molecule has 2 aromatic carbocycles. The summed E-state index contributed by atoms with van der Waals surface area (Å²) in [5, 5.41) is 3.86. The van der Waals surface area contributed by atoms with Crippen molar-refractivity contribution in [1.29, 1.82) is 0 Å². The Morgan fingerprint density at radius 1 is 1.08 bits per heavy atom. The average molecular weight is 487 g/mol. The monoisotopic (exact) mass is 486 g/mol. The van der Waals surface area contributed by atoms with Crippen LogP contribution >= 0.6 is 0 Å². The number of aryl methyl sites for hydroxylation is 1. The summed E-state index contributed by atoms with van der Waals surface area (Å²) in [5.74, 6) is 0.544. The normalized spacial score (nSPS) is 19.1. The molecule has 0 unspecified atom stereocenters. The van der Waals surface area contributed by atoms with E-state index in [1.54, 1.807) is 4.90 Å². The number of nitrogens with one attached hydrogen (secondary N) is 1. The fourth-order valence-corrected chi connectivity index (χ4v) is 5.67. The first kappa shape index (κ1) is 24.5. The molecule has 2 aliphatic heterocycles. The van der Waals surface area contributed by atoms with Crippen LogP contribution in [0.4, 0.5) is 4.79 Å². The molecule has 1 fully saturated rings. The predicted octanol–water partition coefficient (Wildman–Crippen LogP) is 3.70. The molecule has 0 saturated carbocycles. The summed E-state index contributed by atoms with van der Waals surface area (Å²) in [7, 11) is 0. The summed E-state index contributed by atoms with van der Waals surface area (Å²) in [6, 6.07) is 17.6. The van der Waals surface area contributed by atoms with Crippen LogP contribution in [-0.4, -0.2) is 51.1 Å². The van der Waals surface area contributed by atoms with Crippen molar-refractivity contribution < 1.29 is 4.79 Å². The number of urea groups is 1. The van der Waals surface area contributed by atoms with Gasteiger partial charge in [-0.2, -0.15) is 0 Å². The Balaban J connectivity index is 1.23. The van der Waals surface area contributed by atoms with E-state index in [9.17, 15) is 4.79 Å². The van der Waals surface area contributed by atoms with Gasteiger partial charge in [-0.05, 0) is 54.4 Å². The predicted molar refractivity (Wildman–Crippen MR) is 142 cm³/mol. The highest BCUT2D eigenvalue weighted by molar-refractivity contribution is 5.72. The number of piperidine rings is 1. The molecule has 2 aliphatic rings. The fraction of sp³-hybridized carbons (Fsp3) is 0.448. The minimum Gasteiger partial charge on any atom is -0.351 e. The second-order valence-electron chi connectivity index (χ2n) is 10.5. The number of imidazole rings is 1. The van der Waals surface area contributed by atoms with E-state index in [4.69, 9.17) is 5.73 Å². The Kier molecular flexibility index (Phi) is 7.68.